The van der Waals surface area contributed by atoms with Gasteiger partial charge in [0.25, 0.3) is 0 Å². The van der Waals surface area contributed by atoms with Crippen LogP contribution in [0.25, 0.3) is 0 Å². The molecule has 3 heteroatoms. The van der Waals surface area contributed by atoms with E-state index in [0.717, 1.165) is 13.0 Å². The van der Waals surface area contributed by atoms with Crippen molar-refractivity contribution in [3.63, 3.8) is 0 Å². The van der Waals surface area contributed by atoms with Crippen molar-refractivity contribution in [2.45, 2.75) is 65.4 Å². The summed E-state index contributed by atoms with van der Waals surface area (Å²) in [5.41, 5.74) is -0.0689. The van der Waals surface area contributed by atoms with Gasteiger partial charge < -0.3 is 9.53 Å². The molecule has 104 valence electrons. The maximum absolute atomic E-state index is 11.9. The Labute approximate surface area is 110 Å². The second-order valence-electron chi connectivity index (χ2n) is 6.23. The monoisotopic (exact) mass is 254 g/mol. The fourth-order valence-electron chi connectivity index (χ4n) is 2.38. The molecule has 1 fully saturated rings. The smallest absolute Gasteiger partial charge is 0.133 e. The van der Waals surface area contributed by atoms with Gasteiger partial charge in [0.15, 0.2) is 0 Å². The van der Waals surface area contributed by atoms with Crippen LogP contribution in [0.3, 0.4) is 0 Å². The molecule has 0 bridgehead atoms. The van der Waals surface area contributed by atoms with Gasteiger partial charge in [0.05, 0.1) is 12.2 Å². The van der Waals surface area contributed by atoms with Crippen LogP contribution in [-0.2, 0) is 14.3 Å². The van der Waals surface area contributed by atoms with E-state index >= 15 is 0 Å². The quantitative estimate of drug-likeness (QED) is 0.594. The summed E-state index contributed by atoms with van der Waals surface area (Å²) in [5.74, 6) is 1.36. The minimum absolute atomic E-state index is 0.0689. The molecule has 0 aromatic rings. The maximum Gasteiger partial charge on any atom is 0.133 e. The van der Waals surface area contributed by atoms with E-state index in [1.165, 1.54) is 0 Å². The predicted molar refractivity (Wildman–Crippen MR) is 71.5 cm³/mol. The van der Waals surface area contributed by atoms with Crippen molar-refractivity contribution < 1.29 is 14.3 Å². The molecule has 0 saturated carbocycles. The highest BCUT2D eigenvalue weighted by Crippen LogP contribution is 2.40. The van der Waals surface area contributed by atoms with Crippen LogP contribution >= 0.6 is 0 Å². The van der Waals surface area contributed by atoms with Crippen molar-refractivity contribution >= 4 is 11.6 Å². The molecule has 0 N–H and O–H groups in total. The average Bonchev–Trinajstić information content (AvgIpc) is 2.95. The van der Waals surface area contributed by atoms with Gasteiger partial charge in [0, 0.05) is 19.3 Å². The lowest BCUT2D eigenvalue weighted by atomic mass is 9.82. The lowest BCUT2D eigenvalue weighted by Gasteiger charge is -2.22. The minimum Gasteiger partial charge on any atom is -0.370 e. The molecular weight excluding hydrogens is 228 g/mol. The molecule has 1 rings (SSSR count). The molecule has 0 spiro atoms. The zero-order chi connectivity index (χ0) is 13.8. The zero-order valence-electron chi connectivity index (χ0n) is 12.1. The van der Waals surface area contributed by atoms with Crippen molar-refractivity contribution in [1.82, 2.24) is 0 Å². The summed E-state index contributed by atoms with van der Waals surface area (Å²) in [7, 11) is 0. The number of carbonyl (C=O) groups is 2. The van der Waals surface area contributed by atoms with Crippen LogP contribution < -0.4 is 0 Å². The van der Waals surface area contributed by atoms with Gasteiger partial charge >= 0.3 is 0 Å². The molecule has 1 saturated heterocycles. The van der Waals surface area contributed by atoms with Crippen LogP contribution in [0.15, 0.2) is 0 Å². The highest BCUT2D eigenvalue weighted by Gasteiger charge is 2.47. The highest BCUT2D eigenvalue weighted by atomic mass is 16.6. The maximum atomic E-state index is 11.9. The lowest BCUT2D eigenvalue weighted by Crippen LogP contribution is -2.25. The van der Waals surface area contributed by atoms with Gasteiger partial charge in [0.1, 0.15) is 11.6 Å². The summed E-state index contributed by atoms with van der Waals surface area (Å²) in [6, 6.07) is 0. The fourth-order valence-corrected chi connectivity index (χ4v) is 2.38. The second-order valence-corrected chi connectivity index (χ2v) is 6.23. The van der Waals surface area contributed by atoms with Gasteiger partial charge in [-0.3, -0.25) is 4.79 Å². The van der Waals surface area contributed by atoms with Crippen molar-refractivity contribution in [3.8, 4) is 0 Å². The van der Waals surface area contributed by atoms with Crippen LogP contribution in [0.1, 0.15) is 59.8 Å². The Morgan fingerprint density at radius 1 is 1.28 bits per heavy atom. The number of ketones is 2. The van der Waals surface area contributed by atoms with Gasteiger partial charge in [-0.15, -0.1) is 0 Å². The van der Waals surface area contributed by atoms with Crippen LogP contribution in [0.5, 0.6) is 0 Å². The largest absolute Gasteiger partial charge is 0.370 e. The average molecular weight is 254 g/mol. The van der Waals surface area contributed by atoms with Gasteiger partial charge in [-0.2, -0.15) is 0 Å². The summed E-state index contributed by atoms with van der Waals surface area (Å²) >= 11 is 0. The Morgan fingerprint density at radius 2 is 1.89 bits per heavy atom. The third-order valence-corrected chi connectivity index (χ3v) is 3.68. The number of ether oxygens (including phenoxy) is 1. The van der Waals surface area contributed by atoms with E-state index in [4.69, 9.17) is 4.74 Å². The molecule has 1 aliphatic rings. The molecule has 3 nitrogen and oxygen atoms in total. The minimum atomic E-state index is -0.0689. The Hall–Kier alpha value is -0.700. The Bertz CT molecular complexity index is 303. The topological polar surface area (TPSA) is 46.7 Å². The van der Waals surface area contributed by atoms with E-state index in [-0.39, 0.29) is 17.2 Å². The molecule has 1 aliphatic heterocycles. The Balaban J connectivity index is 2.36. The van der Waals surface area contributed by atoms with Gasteiger partial charge in [-0.05, 0) is 38.5 Å². The Kier molecular flexibility index (Phi) is 5.51. The normalized spacial score (nSPS) is 24.1. The number of rotatable bonds is 9. The lowest BCUT2D eigenvalue weighted by molar-refractivity contribution is -0.121. The molecule has 2 atom stereocenters. The molecular formula is C15H26O3. The zero-order valence-corrected chi connectivity index (χ0v) is 12.1. The molecule has 0 aliphatic carbocycles. The second kappa shape index (κ2) is 6.46. The first-order valence-electron chi connectivity index (χ1n) is 6.98. The van der Waals surface area contributed by atoms with Crippen LogP contribution in [0.2, 0.25) is 0 Å². The predicted octanol–water partition coefficient (Wildman–Crippen LogP) is 3.16. The SMILES string of the molecule is CC(=O)CCCC(=O)CC(CC(C)C)C1(C)CO1. The first kappa shape index (κ1) is 15.4. The highest BCUT2D eigenvalue weighted by molar-refractivity contribution is 5.80. The molecule has 1 heterocycles. The van der Waals surface area contributed by atoms with E-state index in [1.54, 1.807) is 6.92 Å². The van der Waals surface area contributed by atoms with Crippen molar-refractivity contribution in [2.75, 3.05) is 6.61 Å². The van der Waals surface area contributed by atoms with Crippen molar-refractivity contribution in [3.05, 3.63) is 0 Å². The van der Waals surface area contributed by atoms with Crippen molar-refractivity contribution in [2.24, 2.45) is 11.8 Å². The third-order valence-electron chi connectivity index (χ3n) is 3.68. The summed E-state index contributed by atoms with van der Waals surface area (Å²) in [6.45, 7) is 8.82. The molecule has 18 heavy (non-hydrogen) atoms. The third kappa shape index (κ3) is 5.30. The fraction of sp³-hybridized carbons (Fsp3) is 0.867. The number of carbonyl (C=O) groups excluding carboxylic acids is 2. The van der Waals surface area contributed by atoms with Gasteiger partial charge in [-0.25, -0.2) is 0 Å². The molecule has 0 amide bonds. The van der Waals surface area contributed by atoms with Crippen LogP contribution in [-0.4, -0.2) is 23.8 Å². The number of hydrogen-bond acceptors (Lipinski definition) is 3. The number of hydrogen-bond donors (Lipinski definition) is 0. The summed E-state index contributed by atoms with van der Waals surface area (Å²) in [6.07, 6.45) is 3.39. The summed E-state index contributed by atoms with van der Waals surface area (Å²) in [4.78, 5) is 22.8. The standard InChI is InChI=1S/C15H26O3/c1-11(2)8-13(15(4)10-18-15)9-14(17)7-5-6-12(3)16/h11,13H,5-10H2,1-4H3. The number of epoxide rings is 1. The number of Topliss-reactive ketones (excluding diaryl/α,β-unsaturated/α-hetero) is 2. The van der Waals surface area contributed by atoms with Crippen LogP contribution in [0, 0.1) is 11.8 Å². The first-order valence-corrected chi connectivity index (χ1v) is 6.98. The first-order chi connectivity index (χ1) is 8.33. The van der Waals surface area contributed by atoms with E-state index in [2.05, 4.69) is 20.8 Å². The summed E-state index contributed by atoms with van der Waals surface area (Å²) < 4.78 is 5.50. The van der Waals surface area contributed by atoms with Gasteiger partial charge in [0.2, 0.25) is 0 Å². The Morgan fingerprint density at radius 3 is 2.33 bits per heavy atom. The van der Waals surface area contributed by atoms with Gasteiger partial charge in [-0.1, -0.05) is 13.8 Å². The van der Waals surface area contributed by atoms with Crippen molar-refractivity contribution in [1.29, 1.82) is 0 Å². The van der Waals surface area contributed by atoms with E-state index in [9.17, 15) is 9.59 Å². The molecule has 0 aromatic carbocycles. The van der Waals surface area contributed by atoms with Crippen LogP contribution in [0.4, 0.5) is 0 Å². The van der Waals surface area contributed by atoms with E-state index in [0.29, 0.717) is 37.5 Å². The molecule has 0 aromatic heterocycles. The summed E-state index contributed by atoms with van der Waals surface area (Å²) in [5, 5.41) is 0. The molecule has 0 radical (unpaired) electrons. The van der Waals surface area contributed by atoms with E-state index < -0.39 is 0 Å². The van der Waals surface area contributed by atoms with E-state index in [1.807, 2.05) is 0 Å². The molecule has 2 unspecified atom stereocenters.